The van der Waals surface area contributed by atoms with Crippen LogP contribution in [0.2, 0.25) is 0 Å². The maximum absolute atomic E-state index is 13.4. The maximum atomic E-state index is 13.4. The van der Waals surface area contributed by atoms with Gasteiger partial charge in [0.05, 0.1) is 31.4 Å². The zero-order valence-corrected chi connectivity index (χ0v) is 19.2. The van der Waals surface area contributed by atoms with Crippen LogP contribution in [0.3, 0.4) is 0 Å². The Bertz CT molecular complexity index is 1170. The molecule has 0 aliphatic carbocycles. The van der Waals surface area contributed by atoms with Crippen molar-refractivity contribution in [2.24, 2.45) is 0 Å². The summed E-state index contributed by atoms with van der Waals surface area (Å²) in [5, 5.41) is 0. The van der Waals surface area contributed by atoms with Crippen molar-refractivity contribution in [1.82, 2.24) is 9.80 Å². The number of imide groups is 1. The number of esters is 2. The van der Waals surface area contributed by atoms with Gasteiger partial charge < -0.3 is 14.4 Å². The topological polar surface area (TPSA) is 110 Å². The molecule has 2 aliphatic rings. The van der Waals surface area contributed by atoms with Gasteiger partial charge in [0, 0.05) is 6.42 Å². The largest absolute Gasteiger partial charge is 0.469 e. The molecule has 1 fully saturated rings. The number of hydrogen-bond donors (Lipinski definition) is 0. The smallest absolute Gasteiger partial charge is 0.328 e. The summed E-state index contributed by atoms with van der Waals surface area (Å²) in [7, 11) is 2.42. The number of methoxy groups -OCH3 is 2. The molecule has 9 nitrogen and oxygen atoms in total. The van der Waals surface area contributed by atoms with Crippen molar-refractivity contribution in [1.29, 1.82) is 0 Å². The van der Waals surface area contributed by atoms with Crippen molar-refractivity contribution in [2.45, 2.75) is 31.0 Å². The Morgan fingerprint density at radius 1 is 0.914 bits per heavy atom. The Morgan fingerprint density at radius 3 is 2.09 bits per heavy atom. The van der Waals surface area contributed by atoms with Gasteiger partial charge in [-0.2, -0.15) is 0 Å². The van der Waals surface area contributed by atoms with E-state index in [4.69, 9.17) is 4.74 Å². The number of carbonyl (C=O) groups is 5. The summed E-state index contributed by atoms with van der Waals surface area (Å²) in [4.78, 5) is 66.1. The van der Waals surface area contributed by atoms with Crippen molar-refractivity contribution < 1.29 is 33.4 Å². The van der Waals surface area contributed by atoms with Crippen LogP contribution < -0.4 is 0 Å². The van der Waals surface area contributed by atoms with Crippen LogP contribution in [0.1, 0.15) is 39.1 Å². The van der Waals surface area contributed by atoms with Gasteiger partial charge >= 0.3 is 11.9 Å². The second-order valence-corrected chi connectivity index (χ2v) is 8.13. The SMILES string of the molecule is COC(=O)CC[C@@H](C(=O)OC)N1C(=O)[C@@H](N2C(=O)c3ccccc3C2=O)[C@H]1C=Cc1ccccc1. The fourth-order valence-electron chi connectivity index (χ4n) is 4.44. The molecule has 0 radical (unpaired) electrons. The first-order valence-electron chi connectivity index (χ1n) is 11.1. The van der Waals surface area contributed by atoms with E-state index in [2.05, 4.69) is 4.74 Å². The second-order valence-electron chi connectivity index (χ2n) is 8.13. The van der Waals surface area contributed by atoms with E-state index in [1.807, 2.05) is 30.3 Å². The summed E-state index contributed by atoms with van der Waals surface area (Å²) in [5.41, 5.74) is 1.28. The molecule has 180 valence electrons. The molecule has 0 unspecified atom stereocenters. The molecule has 0 spiro atoms. The van der Waals surface area contributed by atoms with E-state index in [1.54, 1.807) is 36.4 Å². The highest BCUT2D eigenvalue weighted by molar-refractivity contribution is 6.23. The summed E-state index contributed by atoms with van der Waals surface area (Å²) in [5.74, 6) is -2.96. The lowest BCUT2D eigenvalue weighted by Crippen LogP contribution is -2.74. The van der Waals surface area contributed by atoms with E-state index < -0.39 is 47.8 Å². The normalized spacial score (nSPS) is 20.0. The van der Waals surface area contributed by atoms with E-state index in [9.17, 15) is 24.0 Å². The van der Waals surface area contributed by atoms with Gasteiger partial charge in [-0.25, -0.2) is 4.79 Å². The number of rotatable bonds is 8. The molecule has 0 N–H and O–H groups in total. The third-order valence-corrected chi connectivity index (χ3v) is 6.20. The molecule has 1 saturated heterocycles. The Hall–Kier alpha value is -4.27. The van der Waals surface area contributed by atoms with Crippen LogP contribution in [0.5, 0.6) is 0 Å². The molecular formula is C26H24N2O7. The van der Waals surface area contributed by atoms with Gasteiger partial charge in [-0.3, -0.25) is 24.1 Å². The number of ether oxygens (including phenoxy) is 2. The monoisotopic (exact) mass is 476 g/mol. The van der Waals surface area contributed by atoms with E-state index in [0.717, 1.165) is 10.5 Å². The Morgan fingerprint density at radius 2 is 1.51 bits per heavy atom. The predicted octanol–water partition coefficient (Wildman–Crippen LogP) is 2.07. The number of β-lactam (4-membered cyclic amide) rings is 1. The molecule has 0 bridgehead atoms. The van der Waals surface area contributed by atoms with Gasteiger partial charge in [-0.15, -0.1) is 0 Å². The van der Waals surface area contributed by atoms with Crippen LogP contribution in [0, 0.1) is 0 Å². The summed E-state index contributed by atoms with van der Waals surface area (Å²) in [6.07, 6.45) is 3.28. The summed E-state index contributed by atoms with van der Waals surface area (Å²) in [6.45, 7) is 0. The number of carbonyl (C=O) groups excluding carboxylic acids is 5. The minimum absolute atomic E-state index is 0.0321. The van der Waals surface area contributed by atoms with Gasteiger partial charge in [-0.1, -0.05) is 54.6 Å². The molecule has 2 aromatic carbocycles. The van der Waals surface area contributed by atoms with Crippen LogP contribution in [-0.2, 0) is 23.9 Å². The number of amides is 3. The molecule has 2 aliphatic heterocycles. The summed E-state index contributed by atoms with van der Waals surface area (Å²) >= 11 is 0. The molecular weight excluding hydrogens is 452 g/mol. The third-order valence-electron chi connectivity index (χ3n) is 6.20. The molecule has 0 aromatic heterocycles. The van der Waals surface area contributed by atoms with Gasteiger partial charge in [0.1, 0.15) is 12.1 Å². The van der Waals surface area contributed by atoms with Gasteiger partial charge in [0.2, 0.25) is 5.91 Å². The predicted molar refractivity (Wildman–Crippen MR) is 124 cm³/mol. The summed E-state index contributed by atoms with van der Waals surface area (Å²) in [6, 6.07) is 12.6. The highest BCUT2D eigenvalue weighted by Gasteiger charge is 2.58. The summed E-state index contributed by atoms with van der Waals surface area (Å²) < 4.78 is 9.56. The zero-order valence-electron chi connectivity index (χ0n) is 19.2. The Labute approximate surface area is 201 Å². The van der Waals surface area contributed by atoms with Crippen LogP contribution >= 0.6 is 0 Å². The third kappa shape index (κ3) is 4.32. The fourth-order valence-corrected chi connectivity index (χ4v) is 4.44. The molecule has 4 rings (SSSR count). The van der Waals surface area contributed by atoms with Crippen LogP contribution in [-0.4, -0.2) is 71.8 Å². The van der Waals surface area contributed by atoms with E-state index in [0.29, 0.717) is 0 Å². The lowest BCUT2D eigenvalue weighted by molar-refractivity contribution is -0.168. The molecule has 2 aromatic rings. The number of hydrogen-bond acceptors (Lipinski definition) is 7. The van der Waals surface area contributed by atoms with Crippen molar-refractivity contribution in [2.75, 3.05) is 14.2 Å². The quantitative estimate of drug-likeness (QED) is 0.326. The molecule has 35 heavy (non-hydrogen) atoms. The Balaban J connectivity index is 1.69. The van der Waals surface area contributed by atoms with Gasteiger partial charge in [0.25, 0.3) is 11.8 Å². The lowest BCUT2D eigenvalue weighted by Gasteiger charge is -2.51. The molecule has 0 saturated carbocycles. The molecule has 3 atom stereocenters. The van der Waals surface area contributed by atoms with Crippen LogP contribution in [0.25, 0.3) is 6.08 Å². The van der Waals surface area contributed by atoms with Crippen molar-refractivity contribution >= 4 is 35.7 Å². The van der Waals surface area contributed by atoms with Crippen LogP contribution in [0.4, 0.5) is 0 Å². The van der Waals surface area contributed by atoms with Crippen molar-refractivity contribution in [3.63, 3.8) is 0 Å². The average Bonchev–Trinajstić information content (AvgIpc) is 3.13. The first-order chi connectivity index (χ1) is 16.9. The maximum Gasteiger partial charge on any atom is 0.328 e. The minimum atomic E-state index is -1.13. The Kier molecular flexibility index (Phi) is 6.77. The first-order valence-corrected chi connectivity index (χ1v) is 11.1. The fraction of sp³-hybridized carbons (Fsp3) is 0.269. The van der Waals surface area contributed by atoms with E-state index in [-0.39, 0.29) is 24.0 Å². The average molecular weight is 476 g/mol. The van der Waals surface area contributed by atoms with Crippen molar-refractivity contribution in [3.05, 3.63) is 77.4 Å². The van der Waals surface area contributed by atoms with E-state index in [1.165, 1.54) is 19.1 Å². The second kappa shape index (κ2) is 9.92. The minimum Gasteiger partial charge on any atom is -0.469 e. The van der Waals surface area contributed by atoms with Crippen LogP contribution in [0.15, 0.2) is 60.7 Å². The standard InChI is InChI=1S/C26H24N2O7/c1-34-21(29)15-14-20(26(33)35-2)27-19(13-12-16-8-4-3-5-9-16)22(25(27)32)28-23(30)17-10-6-7-11-18(17)24(28)31/h3-13,19-20,22H,14-15H2,1-2H3/t19-,20+,22+/m1/s1. The number of nitrogens with zero attached hydrogens (tertiary/aromatic N) is 2. The van der Waals surface area contributed by atoms with Gasteiger partial charge in [0.15, 0.2) is 0 Å². The molecule has 3 amide bonds. The van der Waals surface area contributed by atoms with Crippen molar-refractivity contribution in [3.8, 4) is 0 Å². The van der Waals surface area contributed by atoms with Gasteiger partial charge in [-0.05, 0) is 24.1 Å². The number of fused-ring (bicyclic) bond motifs is 1. The number of likely N-dealkylation sites (tertiary alicyclic amines) is 1. The lowest BCUT2D eigenvalue weighted by atomic mass is 9.88. The number of benzene rings is 2. The zero-order chi connectivity index (χ0) is 25.1. The first kappa shape index (κ1) is 23.9. The van der Waals surface area contributed by atoms with E-state index >= 15 is 0 Å². The highest BCUT2D eigenvalue weighted by atomic mass is 16.5. The molecule has 9 heteroatoms. The highest BCUT2D eigenvalue weighted by Crippen LogP contribution is 2.36. The molecule has 2 heterocycles.